The summed E-state index contributed by atoms with van der Waals surface area (Å²) in [6.07, 6.45) is 2.14. The monoisotopic (exact) mass is 190 g/mol. The second-order valence-electron chi connectivity index (χ2n) is 4.44. The first-order valence-electron chi connectivity index (χ1n) is 5.28. The lowest BCUT2D eigenvalue weighted by Gasteiger charge is -2.14. The molecular formula is C12H18N2. The summed E-state index contributed by atoms with van der Waals surface area (Å²) in [7, 11) is 0. The maximum atomic E-state index is 6.04. The average molecular weight is 190 g/mol. The van der Waals surface area contributed by atoms with E-state index in [0.29, 0.717) is 5.92 Å². The Labute approximate surface area is 85.3 Å². The van der Waals surface area contributed by atoms with E-state index in [0.717, 1.165) is 18.5 Å². The van der Waals surface area contributed by atoms with Gasteiger partial charge in [0.1, 0.15) is 0 Å². The largest absolute Gasteiger partial charge is 0.398 e. The van der Waals surface area contributed by atoms with Gasteiger partial charge in [-0.15, -0.1) is 0 Å². The van der Waals surface area contributed by atoms with Crippen LogP contribution in [0, 0.1) is 0 Å². The minimum atomic E-state index is 0.156. The first kappa shape index (κ1) is 9.53. The molecule has 0 unspecified atom stereocenters. The summed E-state index contributed by atoms with van der Waals surface area (Å²) in [5.74, 6) is 0.564. The zero-order valence-corrected chi connectivity index (χ0v) is 8.88. The van der Waals surface area contributed by atoms with Crippen LogP contribution in [0.5, 0.6) is 0 Å². The van der Waals surface area contributed by atoms with Gasteiger partial charge in [0.15, 0.2) is 0 Å². The summed E-state index contributed by atoms with van der Waals surface area (Å²) in [6, 6.07) is 4.31. The Kier molecular flexibility index (Phi) is 2.23. The van der Waals surface area contributed by atoms with Gasteiger partial charge in [0.25, 0.3) is 0 Å². The van der Waals surface area contributed by atoms with Crippen molar-refractivity contribution in [2.24, 2.45) is 5.73 Å². The van der Waals surface area contributed by atoms with Crippen molar-refractivity contribution in [1.82, 2.24) is 0 Å². The van der Waals surface area contributed by atoms with Crippen LogP contribution in [0.25, 0.3) is 0 Å². The van der Waals surface area contributed by atoms with E-state index >= 15 is 0 Å². The van der Waals surface area contributed by atoms with E-state index in [2.05, 4.69) is 19.9 Å². The molecule has 0 bridgehead atoms. The number of anilines is 1. The lowest BCUT2D eigenvalue weighted by molar-refractivity contribution is 0.714. The number of nitrogen functional groups attached to an aromatic ring is 1. The predicted octanol–water partition coefficient (Wildman–Crippen LogP) is 2.34. The molecule has 2 rings (SSSR count). The average Bonchev–Trinajstić information content (AvgIpc) is 2.49. The van der Waals surface area contributed by atoms with E-state index in [4.69, 9.17) is 11.5 Å². The van der Waals surface area contributed by atoms with Crippen LogP contribution in [-0.2, 0) is 6.42 Å². The van der Waals surface area contributed by atoms with Crippen molar-refractivity contribution in [2.45, 2.75) is 38.6 Å². The van der Waals surface area contributed by atoms with Gasteiger partial charge < -0.3 is 11.5 Å². The quantitative estimate of drug-likeness (QED) is 0.668. The summed E-state index contributed by atoms with van der Waals surface area (Å²) in [5, 5.41) is 0. The molecule has 1 atom stereocenters. The van der Waals surface area contributed by atoms with Crippen LogP contribution in [0.15, 0.2) is 12.1 Å². The molecule has 0 saturated heterocycles. The number of hydrogen-bond acceptors (Lipinski definition) is 2. The zero-order valence-electron chi connectivity index (χ0n) is 8.88. The van der Waals surface area contributed by atoms with Gasteiger partial charge in [-0.3, -0.25) is 0 Å². The molecule has 0 amide bonds. The van der Waals surface area contributed by atoms with Crippen LogP contribution in [0.4, 0.5) is 5.69 Å². The summed E-state index contributed by atoms with van der Waals surface area (Å²) in [5.41, 5.74) is 16.9. The fraction of sp³-hybridized carbons (Fsp3) is 0.500. The highest BCUT2D eigenvalue weighted by molar-refractivity contribution is 5.58. The SMILES string of the molecule is CC(C)c1ccc(N)c2c1CC[C@@H]2N. The molecule has 0 aliphatic heterocycles. The van der Waals surface area contributed by atoms with Crippen molar-refractivity contribution >= 4 is 5.69 Å². The Bertz CT molecular complexity index is 356. The Morgan fingerprint density at radius 3 is 2.71 bits per heavy atom. The van der Waals surface area contributed by atoms with Crippen molar-refractivity contribution in [3.05, 3.63) is 28.8 Å². The molecule has 1 aliphatic rings. The van der Waals surface area contributed by atoms with Crippen molar-refractivity contribution < 1.29 is 0 Å². The molecule has 0 spiro atoms. The number of benzene rings is 1. The summed E-state index contributed by atoms with van der Waals surface area (Å²) in [4.78, 5) is 0. The molecular weight excluding hydrogens is 172 g/mol. The van der Waals surface area contributed by atoms with Gasteiger partial charge in [-0.05, 0) is 41.5 Å². The lowest BCUT2D eigenvalue weighted by atomic mass is 9.93. The summed E-state index contributed by atoms with van der Waals surface area (Å²) < 4.78 is 0. The predicted molar refractivity (Wildman–Crippen MR) is 60.2 cm³/mol. The van der Waals surface area contributed by atoms with Gasteiger partial charge in [-0.1, -0.05) is 19.9 Å². The fourth-order valence-electron chi connectivity index (χ4n) is 2.40. The molecule has 0 radical (unpaired) electrons. The van der Waals surface area contributed by atoms with Crippen LogP contribution >= 0.6 is 0 Å². The molecule has 1 aromatic carbocycles. The molecule has 0 saturated carbocycles. The first-order valence-corrected chi connectivity index (χ1v) is 5.28. The molecule has 76 valence electrons. The molecule has 2 nitrogen and oxygen atoms in total. The van der Waals surface area contributed by atoms with E-state index < -0.39 is 0 Å². The van der Waals surface area contributed by atoms with Gasteiger partial charge in [-0.25, -0.2) is 0 Å². The normalized spacial score (nSPS) is 20.1. The maximum Gasteiger partial charge on any atom is 0.0365 e. The molecule has 1 aliphatic carbocycles. The van der Waals surface area contributed by atoms with Crippen molar-refractivity contribution in [3.8, 4) is 0 Å². The third kappa shape index (κ3) is 1.30. The van der Waals surface area contributed by atoms with E-state index in [1.54, 1.807) is 0 Å². The highest BCUT2D eigenvalue weighted by Gasteiger charge is 2.24. The molecule has 1 aromatic rings. The zero-order chi connectivity index (χ0) is 10.3. The second kappa shape index (κ2) is 3.28. The van der Waals surface area contributed by atoms with E-state index in [1.165, 1.54) is 16.7 Å². The van der Waals surface area contributed by atoms with E-state index in [1.807, 2.05) is 6.07 Å². The molecule has 4 N–H and O–H groups in total. The molecule has 2 heteroatoms. The Balaban J connectivity index is 2.59. The highest BCUT2D eigenvalue weighted by atomic mass is 14.7. The molecule has 0 fully saturated rings. The number of rotatable bonds is 1. The number of hydrogen-bond donors (Lipinski definition) is 2. The highest BCUT2D eigenvalue weighted by Crippen LogP contribution is 2.38. The maximum absolute atomic E-state index is 6.04. The number of fused-ring (bicyclic) bond motifs is 1. The third-order valence-electron chi connectivity index (χ3n) is 3.13. The topological polar surface area (TPSA) is 52.0 Å². The van der Waals surface area contributed by atoms with Crippen LogP contribution in [0.2, 0.25) is 0 Å². The second-order valence-corrected chi connectivity index (χ2v) is 4.44. The van der Waals surface area contributed by atoms with E-state index in [-0.39, 0.29) is 6.04 Å². The molecule has 0 heterocycles. The van der Waals surface area contributed by atoms with Gasteiger partial charge in [-0.2, -0.15) is 0 Å². The standard InChI is InChI=1S/C12H18N2/c1-7(2)8-3-5-10(13)12-9(8)4-6-11(12)14/h3,5,7,11H,4,6,13-14H2,1-2H3/t11-/m0/s1. The van der Waals surface area contributed by atoms with Crippen molar-refractivity contribution in [2.75, 3.05) is 5.73 Å². The van der Waals surface area contributed by atoms with Crippen molar-refractivity contribution in [1.29, 1.82) is 0 Å². The Morgan fingerprint density at radius 2 is 2.07 bits per heavy atom. The van der Waals surface area contributed by atoms with Crippen molar-refractivity contribution in [3.63, 3.8) is 0 Å². The fourth-order valence-corrected chi connectivity index (χ4v) is 2.40. The van der Waals surface area contributed by atoms with Gasteiger partial charge in [0.2, 0.25) is 0 Å². The van der Waals surface area contributed by atoms with Crippen LogP contribution in [0.1, 0.15) is 48.9 Å². The Hall–Kier alpha value is -1.02. The minimum Gasteiger partial charge on any atom is -0.398 e. The first-order chi connectivity index (χ1) is 6.61. The lowest BCUT2D eigenvalue weighted by Crippen LogP contribution is -2.09. The van der Waals surface area contributed by atoms with E-state index in [9.17, 15) is 0 Å². The Morgan fingerprint density at radius 1 is 1.36 bits per heavy atom. The van der Waals surface area contributed by atoms with Gasteiger partial charge in [0, 0.05) is 11.7 Å². The number of nitrogens with two attached hydrogens (primary N) is 2. The third-order valence-corrected chi connectivity index (χ3v) is 3.13. The minimum absolute atomic E-state index is 0.156. The summed E-state index contributed by atoms with van der Waals surface area (Å²) >= 11 is 0. The molecule has 14 heavy (non-hydrogen) atoms. The van der Waals surface area contributed by atoms with Crippen LogP contribution in [-0.4, -0.2) is 0 Å². The van der Waals surface area contributed by atoms with Gasteiger partial charge in [0.05, 0.1) is 0 Å². The molecule has 0 aromatic heterocycles. The summed E-state index contributed by atoms with van der Waals surface area (Å²) in [6.45, 7) is 4.44. The van der Waals surface area contributed by atoms with Crippen LogP contribution in [0.3, 0.4) is 0 Å². The smallest absolute Gasteiger partial charge is 0.0365 e. The van der Waals surface area contributed by atoms with Crippen LogP contribution < -0.4 is 11.5 Å². The van der Waals surface area contributed by atoms with Gasteiger partial charge >= 0.3 is 0 Å².